The monoisotopic (exact) mass is 679 g/mol. The summed E-state index contributed by atoms with van der Waals surface area (Å²) in [6.45, 7) is 7.47. The minimum absolute atomic E-state index is 0.201. The highest BCUT2D eigenvalue weighted by Gasteiger charge is 2.28. The highest BCUT2D eigenvalue weighted by molar-refractivity contribution is 8.03. The molecule has 3 rings (SSSR count). The molecular weight excluding hydrogens is 615 g/mol. The largest absolute Gasteiger partial charge is 0.379 e. The Morgan fingerprint density at radius 3 is 2.04 bits per heavy atom. The van der Waals surface area contributed by atoms with Crippen LogP contribution in [0, 0.1) is 12.8 Å². The molecule has 2 aliphatic heterocycles. The Morgan fingerprint density at radius 2 is 1.39 bits per heavy atom. The first-order chi connectivity index (χ1) is 22.5. The van der Waals surface area contributed by atoms with E-state index in [1.54, 1.807) is 24.3 Å². The van der Waals surface area contributed by atoms with Crippen LogP contribution in [0.1, 0.15) is 147 Å². The van der Waals surface area contributed by atoms with E-state index >= 15 is 0 Å². The molecule has 0 bridgehead atoms. The fourth-order valence-corrected chi connectivity index (χ4v) is 8.52. The van der Waals surface area contributed by atoms with Crippen molar-refractivity contribution in [1.29, 1.82) is 0 Å². The SMILES string of the molecule is CCCCCCCCCCCCCCCCC1COC(COCCCCCCCN2C=CSC2OS(=O)(=O)c2ccc(C)cc2)C1. The normalized spacial score (nSPS) is 19.9. The zero-order valence-electron chi connectivity index (χ0n) is 29.2. The minimum atomic E-state index is -3.79. The van der Waals surface area contributed by atoms with Crippen molar-refractivity contribution < 1.29 is 22.1 Å². The van der Waals surface area contributed by atoms with Crippen molar-refractivity contribution in [2.45, 2.75) is 165 Å². The van der Waals surface area contributed by atoms with Crippen LogP contribution in [0.5, 0.6) is 0 Å². The van der Waals surface area contributed by atoms with Gasteiger partial charge in [-0.1, -0.05) is 146 Å². The Kier molecular flexibility index (Phi) is 20.7. The van der Waals surface area contributed by atoms with E-state index in [1.165, 1.54) is 114 Å². The summed E-state index contributed by atoms with van der Waals surface area (Å²) in [6.07, 6.45) is 30.0. The first-order valence-corrected chi connectivity index (χ1v) is 21.1. The molecule has 1 aromatic rings. The summed E-state index contributed by atoms with van der Waals surface area (Å²) in [6, 6.07) is 6.79. The molecule has 0 spiro atoms. The van der Waals surface area contributed by atoms with E-state index in [-0.39, 0.29) is 11.0 Å². The summed E-state index contributed by atoms with van der Waals surface area (Å²) < 4.78 is 42.9. The van der Waals surface area contributed by atoms with E-state index in [0.717, 1.165) is 70.0 Å². The summed E-state index contributed by atoms with van der Waals surface area (Å²) in [5, 5.41) is 1.91. The van der Waals surface area contributed by atoms with Crippen molar-refractivity contribution >= 4 is 21.9 Å². The van der Waals surface area contributed by atoms with Gasteiger partial charge in [0.05, 0.1) is 17.6 Å². The third-order valence-corrected chi connectivity index (χ3v) is 11.7. The molecule has 3 unspecified atom stereocenters. The van der Waals surface area contributed by atoms with Crippen LogP contribution in [0.3, 0.4) is 0 Å². The number of unbranched alkanes of at least 4 members (excludes halogenated alkanes) is 17. The van der Waals surface area contributed by atoms with Crippen molar-refractivity contribution in [2.75, 3.05) is 26.4 Å². The van der Waals surface area contributed by atoms with Crippen molar-refractivity contribution in [3.8, 4) is 0 Å². The maximum atomic E-state index is 12.7. The fourth-order valence-electron chi connectivity index (χ4n) is 6.42. The number of hydrogen-bond acceptors (Lipinski definition) is 7. The number of ether oxygens (including phenoxy) is 2. The van der Waals surface area contributed by atoms with Crippen LogP contribution in [-0.2, 0) is 23.8 Å². The van der Waals surface area contributed by atoms with Crippen LogP contribution < -0.4 is 0 Å². The summed E-state index contributed by atoms with van der Waals surface area (Å²) >= 11 is 1.39. The third-order valence-electron chi connectivity index (χ3n) is 9.38. The van der Waals surface area contributed by atoms with E-state index in [9.17, 15) is 8.42 Å². The van der Waals surface area contributed by atoms with Gasteiger partial charge in [0.15, 0.2) is 0 Å². The molecule has 0 N–H and O–H groups in total. The Hall–Kier alpha value is -1.06. The Labute approximate surface area is 286 Å². The predicted molar refractivity (Wildman–Crippen MR) is 193 cm³/mol. The summed E-state index contributed by atoms with van der Waals surface area (Å²) in [4.78, 5) is 2.18. The minimum Gasteiger partial charge on any atom is -0.379 e. The molecule has 6 nitrogen and oxygen atoms in total. The van der Waals surface area contributed by atoms with Crippen LogP contribution in [-0.4, -0.2) is 51.3 Å². The Morgan fingerprint density at radius 1 is 0.804 bits per heavy atom. The van der Waals surface area contributed by atoms with Gasteiger partial charge in [-0.15, -0.1) is 0 Å². The van der Waals surface area contributed by atoms with Gasteiger partial charge in [0.2, 0.25) is 5.56 Å². The van der Waals surface area contributed by atoms with Crippen LogP contribution in [0.15, 0.2) is 40.8 Å². The molecule has 46 heavy (non-hydrogen) atoms. The maximum absolute atomic E-state index is 12.7. The molecule has 3 atom stereocenters. The van der Waals surface area contributed by atoms with Gasteiger partial charge in [0, 0.05) is 26.0 Å². The van der Waals surface area contributed by atoms with Crippen molar-refractivity contribution in [2.24, 2.45) is 5.92 Å². The molecule has 0 aliphatic carbocycles. The van der Waals surface area contributed by atoms with Crippen LogP contribution >= 0.6 is 11.8 Å². The van der Waals surface area contributed by atoms with Gasteiger partial charge in [0.25, 0.3) is 10.1 Å². The first kappa shape index (κ1) is 39.4. The lowest BCUT2D eigenvalue weighted by molar-refractivity contribution is 0.0153. The van der Waals surface area contributed by atoms with Gasteiger partial charge in [-0.2, -0.15) is 8.42 Å². The predicted octanol–water partition coefficient (Wildman–Crippen LogP) is 10.7. The number of nitrogens with zero attached hydrogens (tertiary/aromatic N) is 1. The van der Waals surface area contributed by atoms with E-state index in [0.29, 0.717) is 0 Å². The quantitative estimate of drug-likeness (QED) is 0.0645. The number of aryl methyl sites for hydroxylation is 1. The standard InChI is InChI=1S/C38H65NO5S2/c1-3-4-5-6-7-8-9-10-11-12-13-14-16-19-22-35-31-36(43-32-35)33-42-29-21-18-15-17-20-27-39-28-30-45-38(39)44-46(40,41)37-25-23-34(2)24-26-37/h23-26,28,30,35-36,38H,3-22,27,29,31-33H2,1-2H3. The summed E-state index contributed by atoms with van der Waals surface area (Å²) in [7, 11) is -3.79. The van der Waals surface area contributed by atoms with E-state index in [1.807, 2.05) is 23.4 Å². The van der Waals surface area contributed by atoms with Gasteiger partial charge >= 0.3 is 0 Å². The molecule has 0 saturated carbocycles. The summed E-state index contributed by atoms with van der Waals surface area (Å²) in [5.74, 6) is 0.725. The smallest absolute Gasteiger partial charge is 0.299 e. The van der Waals surface area contributed by atoms with Crippen molar-refractivity contribution in [3.63, 3.8) is 0 Å². The lowest BCUT2D eigenvalue weighted by atomic mass is 9.97. The molecule has 0 radical (unpaired) electrons. The molecule has 2 heterocycles. The molecule has 0 amide bonds. The van der Waals surface area contributed by atoms with Crippen LogP contribution in [0.2, 0.25) is 0 Å². The van der Waals surface area contributed by atoms with Gasteiger partial charge in [-0.25, -0.2) is 4.18 Å². The lowest BCUT2D eigenvalue weighted by Gasteiger charge is -2.24. The third kappa shape index (κ3) is 16.9. The first-order valence-electron chi connectivity index (χ1n) is 18.7. The second-order valence-electron chi connectivity index (χ2n) is 13.6. The van der Waals surface area contributed by atoms with Gasteiger partial charge in [0.1, 0.15) is 0 Å². The van der Waals surface area contributed by atoms with Gasteiger partial charge < -0.3 is 14.4 Å². The lowest BCUT2D eigenvalue weighted by Crippen LogP contribution is -2.30. The topological polar surface area (TPSA) is 65.1 Å². The van der Waals surface area contributed by atoms with E-state index in [2.05, 4.69) is 6.92 Å². The second-order valence-corrected chi connectivity index (χ2v) is 16.1. The van der Waals surface area contributed by atoms with Crippen LogP contribution in [0.4, 0.5) is 0 Å². The average Bonchev–Trinajstić information content (AvgIpc) is 3.69. The number of rotatable bonds is 28. The maximum Gasteiger partial charge on any atom is 0.299 e. The molecule has 1 saturated heterocycles. The highest BCUT2D eigenvalue weighted by atomic mass is 32.2. The van der Waals surface area contributed by atoms with E-state index in [4.69, 9.17) is 13.7 Å². The molecular formula is C38H65NO5S2. The van der Waals surface area contributed by atoms with Gasteiger partial charge in [-0.3, -0.25) is 0 Å². The Balaban J connectivity index is 1.08. The zero-order valence-corrected chi connectivity index (χ0v) is 30.8. The highest BCUT2D eigenvalue weighted by Crippen LogP contribution is 2.30. The number of thioether (sulfide) groups is 1. The molecule has 264 valence electrons. The Bertz CT molecular complexity index is 1030. The molecule has 8 heteroatoms. The fraction of sp³-hybridized carbons (Fsp3) is 0.789. The average molecular weight is 680 g/mol. The van der Waals surface area contributed by atoms with E-state index < -0.39 is 15.7 Å². The van der Waals surface area contributed by atoms with Crippen molar-refractivity contribution in [1.82, 2.24) is 4.90 Å². The van der Waals surface area contributed by atoms with Crippen molar-refractivity contribution in [3.05, 3.63) is 41.4 Å². The number of hydrogen-bond donors (Lipinski definition) is 0. The molecule has 1 aromatic carbocycles. The molecule has 0 aromatic heterocycles. The second kappa shape index (κ2) is 24.1. The van der Waals surface area contributed by atoms with Gasteiger partial charge in [-0.05, 0) is 56.1 Å². The number of benzene rings is 1. The molecule has 1 fully saturated rings. The zero-order chi connectivity index (χ0) is 32.7. The molecule has 2 aliphatic rings. The summed E-state index contributed by atoms with van der Waals surface area (Å²) in [5.41, 5.74) is 0.488. The van der Waals surface area contributed by atoms with Crippen LogP contribution in [0.25, 0.3) is 0 Å².